The van der Waals surface area contributed by atoms with Crippen LogP contribution in [0.4, 0.5) is 0 Å². The largest absolute Gasteiger partial charge is 0.324 e. The maximum atomic E-state index is 4.06. The second kappa shape index (κ2) is 3.20. The second-order valence-electron chi connectivity index (χ2n) is 2.92. The summed E-state index contributed by atoms with van der Waals surface area (Å²) in [6.45, 7) is 3.98. The molecule has 0 aliphatic rings. The van der Waals surface area contributed by atoms with Gasteiger partial charge in [-0.25, -0.2) is 0 Å². The first kappa shape index (κ1) is 8.85. The summed E-state index contributed by atoms with van der Waals surface area (Å²) >= 11 is 1.71. The zero-order valence-corrected chi connectivity index (χ0v) is 9.43. The van der Waals surface area contributed by atoms with Crippen LogP contribution in [0.15, 0.2) is 6.07 Å². The third-order valence-electron chi connectivity index (χ3n) is 1.75. The van der Waals surface area contributed by atoms with Crippen molar-refractivity contribution in [2.24, 2.45) is 0 Å². The number of hydrogen-bond acceptors (Lipinski definition) is 3. The van der Waals surface area contributed by atoms with Crippen LogP contribution in [0.5, 0.6) is 0 Å². The topological polar surface area (TPSA) is 41.6 Å². The van der Waals surface area contributed by atoms with Crippen LogP contribution in [0.2, 0.25) is 0 Å². The summed E-state index contributed by atoms with van der Waals surface area (Å²) < 4.78 is 1.22. The molecule has 1 atom stereocenters. The minimum atomic E-state index is 0.855. The number of thiophene rings is 1. The monoisotopic (exact) mass is 211 g/mol. The first-order chi connectivity index (χ1) is 6.16. The zero-order chi connectivity index (χ0) is 9.42. The maximum absolute atomic E-state index is 4.06. The molecular weight excluding hydrogens is 201 g/mol. The lowest BCUT2D eigenvalue weighted by atomic mass is 10.3. The number of hydrogen-bond donors (Lipinski definition) is 1. The van der Waals surface area contributed by atoms with Crippen molar-refractivity contribution >= 4 is 25.2 Å². The van der Waals surface area contributed by atoms with E-state index in [4.69, 9.17) is 0 Å². The third kappa shape index (κ3) is 1.64. The minimum absolute atomic E-state index is 0.855. The summed E-state index contributed by atoms with van der Waals surface area (Å²) in [5.41, 5.74) is 1.24. The SMILES string of the molecule is Cc1nnc(-c2sc(P)cc2C)[nH]1. The Balaban J connectivity index is 2.51. The Morgan fingerprint density at radius 1 is 1.38 bits per heavy atom. The van der Waals surface area contributed by atoms with E-state index in [0.29, 0.717) is 0 Å². The maximum Gasteiger partial charge on any atom is 0.171 e. The van der Waals surface area contributed by atoms with E-state index < -0.39 is 0 Å². The molecule has 0 radical (unpaired) electrons. The fourth-order valence-corrected chi connectivity index (χ4v) is 2.67. The Kier molecular flexibility index (Phi) is 2.18. The highest BCUT2D eigenvalue weighted by Crippen LogP contribution is 2.25. The van der Waals surface area contributed by atoms with Crippen molar-refractivity contribution in [2.45, 2.75) is 13.8 Å². The van der Waals surface area contributed by atoms with Gasteiger partial charge in [0.25, 0.3) is 0 Å². The molecule has 0 aromatic carbocycles. The van der Waals surface area contributed by atoms with Crippen LogP contribution in [0.1, 0.15) is 11.4 Å². The van der Waals surface area contributed by atoms with E-state index >= 15 is 0 Å². The van der Waals surface area contributed by atoms with Crippen molar-refractivity contribution in [3.05, 3.63) is 17.5 Å². The van der Waals surface area contributed by atoms with Crippen LogP contribution in [0, 0.1) is 13.8 Å². The highest BCUT2D eigenvalue weighted by molar-refractivity contribution is 7.44. The summed E-state index contributed by atoms with van der Waals surface area (Å²) in [6.07, 6.45) is 0. The lowest BCUT2D eigenvalue weighted by Crippen LogP contribution is -1.78. The predicted molar refractivity (Wildman–Crippen MR) is 58.5 cm³/mol. The Labute approximate surface area is 82.8 Å². The number of aryl methyl sites for hydroxylation is 2. The Morgan fingerprint density at radius 2 is 2.15 bits per heavy atom. The van der Waals surface area contributed by atoms with Gasteiger partial charge in [0.2, 0.25) is 0 Å². The van der Waals surface area contributed by atoms with Crippen LogP contribution in [-0.4, -0.2) is 15.2 Å². The van der Waals surface area contributed by atoms with Crippen molar-refractivity contribution in [3.63, 3.8) is 0 Å². The van der Waals surface area contributed by atoms with Crippen LogP contribution >= 0.6 is 20.6 Å². The number of H-pyrrole nitrogens is 1. The predicted octanol–water partition coefficient (Wildman–Crippen LogP) is 1.65. The van der Waals surface area contributed by atoms with E-state index in [2.05, 4.69) is 37.4 Å². The van der Waals surface area contributed by atoms with Gasteiger partial charge in [-0.05, 0) is 25.5 Å². The van der Waals surface area contributed by atoms with Crippen LogP contribution in [0.25, 0.3) is 10.7 Å². The molecule has 0 saturated heterocycles. The number of aromatic amines is 1. The van der Waals surface area contributed by atoms with E-state index in [-0.39, 0.29) is 0 Å². The Hall–Kier alpha value is -0.730. The van der Waals surface area contributed by atoms with Gasteiger partial charge >= 0.3 is 0 Å². The highest BCUT2D eigenvalue weighted by Gasteiger charge is 2.09. The summed E-state index contributed by atoms with van der Waals surface area (Å²) in [7, 11) is 2.70. The first-order valence-corrected chi connectivity index (χ1v) is 5.32. The van der Waals surface area contributed by atoms with Crippen molar-refractivity contribution in [1.82, 2.24) is 15.2 Å². The smallest absolute Gasteiger partial charge is 0.171 e. The minimum Gasteiger partial charge on any atom is -0.324 e. The fourth-order valence-electron chi connectivity index (χ4n) is 1.19. The van der Waals surface area contributed by atoms with Crippen LogP contribution in [0.3, 0.4) is 0 Å². The van der Waals surface area contributed by atoms with Gasteiger partial charge in [-0.15, -0.1) is 21.5 Å². The number of aromatic nitrogens is 3. The van der Waals surface area contributed by atoms with Gasteiger partial charge in [-0.1, -0.05) is 9.24 Å². The molecule has 2 rings (SSSR count). The first-order valence-electron chi connectivity index (χ1n) is 3.92. The summed E-state index contributed by atoms with van der Waals surface area (Å²) in [6, 6.07) is 2.13. The van der Waals surface area contributed by atoms with Crippen LogP contribution in [-0.2, 0) is 0 Å². The molecule has 3 nitrogen and oxygen atoms in total. The van der Waals surface area contributed by atoms with Gasteiger partial charge in [-0.3, -0.25) is 0 Å². The van der Waals surface area contributed by atoms with E-state index in [1.165, 1.54) is 15.1 Å². The Bertz CT molecular complexity index is 432. The molecule has 2 heterocycles. The third-order valence-corrected chi connectivity index (χ3v) is 3.34. The quantitative estimate of drug-likeness (QED) is 0.729. The van der Waals surface area contributed by atoms with E-state index in [9.17, 15) is 0 Å². The van der Waals surface area contributed by atoms with Crippen molar-refractivity contribution in [3.8, 4) is 10.7 Å². The summed E-state index contributed by atoms with van der Waals surface area (Å²) in [5, 5.41) is 7.99. The molecule has 0 aliphatic carbocycles. The molecule has 5 heteroatoms. The molecule has 0 amide bonds. The van der Waals surface area contributed by atoms with Gasteiger partial charge < -0.3 is 4.98 Å². The standard InChI is InChI=1S/C8H10N3PS/c1-4-3-6(12)13-7(4)8-9-5(2)10-11-8/h3H,12H2,1-2H3,(H,9,10,11). The number of nitrogens with zero attached hydrogens (tertiary/aromatic N) is 2. The molecule has 0 spiro atoms. The molecule has 1 unspecified atom stereocenters. The lowest BCUT2D eigenvalue weighted by molar-refractivity contribution is 1.04. The number of rotatable bonds is 1. The van der Waals surface area contributed by atoms with E-state index in [0.717, 1.165) is 11.6 Å². The average molecular weight is 211 g/mol. The zero-order valence-electron chi connectivity index (χ0n) is 7.46. The molecule has 2 aromatic rings. The molecular formula is C8H10N3PS. The fraction of sp³-hybridized carbons (Fsp3) is 0.250. The van der Waals surface area contributed by atoms with Gasteiger partial charge in [0.15, 0.2) is 5.82 Å². The molecule has 68 valence electrons. The summed E-state index contributed by atoms with van der Waals surface area (Å²) in [5.74, 6) is 1.72. The summed E-state index contributed by atoms with van der Waals surface area (Å²) in [4.78, 5) is 4.30. The van der Waals surface area contributed by atoms with Gasteiger partial charge in [0, 0.05) is 4.62 Å². The molecule has 13 heavy (non-hydrogen) atoms. The highest BCUT2D eigenvalue weighted by atomic mass is 32.1. The van der Waals surface area contributed by atoms with Crippen LogP contribution < -0.4 is 4.62 Å². The second-order valence-corrected chi connectivity index (χ2v) is 5.04. The van der Waals surface area contributed by atoms with E-state index in [1.54, 1.807) is 11.3 Å². The van der Waals surface area contributed by atoms with Crippen molar-refractivity contribution < 1.29 is 0 Å². The van der Waals surface area contributed by atoms with Crippen molar-refractivity contribution in [1.29, 1.82) is 0 Å². The van der Waals surface area contributed by atoms with Crippen molar-refractivity contribution in [2.75, 3.05) is 0 Å². The van der Waals surface area contributed by atoms with E-state index in [1.807, 2.05) is 6.92 Å². The van der Waals surface area contributed by atoms with Gasteiger partial charge in [-0.2, -0.15) is 0 Å². The number of nitrogens with one attached hydrogen (secondary N) is 1. The molecule has 0 saturated carbocycles. The Morgan fingerprint density at radius 3 is 2.62 bits per heavy atom. The van der Waals surface area contributed by atoms with Gasteiger partial charge in [0.05, 0.1) is 4.88 Å². The molecule has 1 N–H and O–H groups in total. The average Bonchev–Trinajstić information content (AvgIpc) is 2.58. The molecule has 2 aromatic heterocycles. The molecule has 0 aliphatic heterocycles. The van der Waals surface area contributed by atoms with Gasteiger partial charge in [0.1, 0.15) is 5.82 Å². The normalized spacial score (nSPS) is 10.7. The lowest BCUT2D eigenvalue weighted by Gasteiger charge is -1.90. The molecule has 0 bridgehead atoms. The molecule has 0 fully saturated rings.